The van der Waals surface area contributed by atoms with Gasteiger partial charge >= 0.3 is 8.56 Å². The Morgan fingerprint density at radius 3 is 2.83 bits per heavy atom. The van der Waals surface area contributed by atoms with Gasteiger partial charge in [-0.3, -0.25) is 0 Å². The van der Waals surface area contributed by atoms with Crippen molar-refractivity contribution in [1.29, 1.82) is 0 Å². The normalized spacial score (nSPS) is 38.8. The first-order chi connectivity index (χ1) is 5.66. The summed E-state index contributed by atoms with van der Waals surface area (Å²) in [4.78, 5) is 0. The van der Waals surface area contributed by atoms with Gasteiger partial charge in [0.2, 0.25) is 0 Å². The van der Waals surface area contributed by atoms with E-state index in [1.54, 1.807) is 0 Å². The van der Waals surface area contributed by atoms with Crippen LogP contribution in [0.2, 0.25) is 25.2 Å². The second-order valence-electron chi connectivity index (χ2n) is 3.76. The number of hydrogen-bond acceptors (Lipinski definition) is 2. The van der Waals surface area contributed by atoms with Crippen LogP contribution in [0.5, 0.6) is 0 Å². The molecule has 0 spiro atoms. The molecule has 0 saturated carbocycles. The summed E-state index contributed by atoms with van der Waals surface area (Å²) in [6.07, 6.45) is 2.55. The lowest BCUT2D eigenvalue weighted by molar-refractivity contribution is 0.230. The topological polar surface area (TPSA) is 18.5 Å². The zero-order valence-corrected chi connectivity index (χ0v) is 10.6. The van der Waals surface area contributed by atoms with Gasteiger partial charge in [0, 0.05) is 6.61 Å². The minimum absolute atomic E-state index is 0.874. The Morgan fingerprint density at radius 2 is 2.17 bits per heavy atom. The Labute approximate surface area is 78.2 Å². The van der Waals surface area contributed by atoms with Crippen LogP contribution in [0, 0.1) is 0 Å². The molecule has 2 unspecified atom stereocenters. The summed E-state index contributed by atoms with van der Waals surface area (Å²) < 4.78 is 11.9. The first-order valence-corrected chi connectivity index (χ1v) is 9.95. The van der Waals surface area contributed by atoms with Gasteiger partial charge in [0.15, 0.2) is 9.04 Å². The first-order valence-electron chi connectivity index (χ1n) is 4.98. The molecule has 2 atom stereocenters. The van der Waals surface area contributed by atoms with E-state index in [4.69, 9.17) is 8.54 Å². The summed E-state index contributed by atoms with van der Waals surface area (Å²) in [5.41, 5.74) is 0. The minimum Gasteiger partial charge on any atom is -0.439 e. The number of hydrogen-bond donors (Lipinski definition) is 0. The molecule has 2 nitrogen and oxygen atoms in total. The molecule has 1 heterocycles. The molecule has 1 aliphatic heterocycles. The third kappa shape index (κ3) is 3.01. The van der Waals surface area contributed by atoms with Gasteiger partial charge in [-0.15, -0.1) is 0 Å². The summed E-state index contributed by atoms with van der Waals surface area (Å²) in [5.74, 6) is 0. The zero-order valence-electron chi connectivity index (χ0n) is 8.43. The van der Waals surface area contributed by atoms with E-state index in [2.05, 4.69) is 20.0 Å². The monoisotopic (exact) mass is 204 g/mol. The average Bonchev–Trinajstić information content (AvgIpc) is 2.01. The fourth-order valence-corrected chi connectivity index (χ4v) is 7.98. The largest absolute Gasteiger partial charge is 0.439 e. The van der Waals surface area contributed by atoms with Gasteiger partial charge in [0.25, 0.3) is 0 Å². The van der Waals surface area contributed by atoms with Crippen LogP contribution in [-0.2, 0) is 8.54 Å². The van der Waals surface area contributed by atoms with E-state index in [-0.39, 0.29) is 0 Å². The van der Waals surface area contributed by atoms with Gasteiger partial charge in [-0.25, -0.2) is 0 Å². The van der Waals surface area contributed by atoms with Gasteiger partial charge in [0.1, 0.15) is 0 Å². The van der Waals surface area contributed by atoms with E-state index < -0.39 is 17.6 Å². The third-order valence-electron chi connectivity index (χ3n) is 2.51. The van der Waals surface area contributed by atoms with E-state index in [0.717, 1.165) is 12.7 Å². The van der Waals surface area contributed by atoms with Gasteiger partial charge in [-0.2, -0.15) is 0 Å². The quantitative estimate of drug-likeness (QED) is 0.610. The van der Waals surface area contributed by atoms with Crippen molar-refractivity contribution in [3.63, 3.8) is 0 Å². The minimum atomic E-state index is -1.69. The van der Waals surface area contributed by atoms with Crippen molar-refractivity contribution in [1.82, 2.24) is 0 Å². The Balaban J connectivity index is 2.48. The molecule has 1 rings (SSSR count). The van der Waals surface area contributed by atoms with Crippen molar-refractivity contribution >= 4 is 17.6 Å². The summed E-state index contributed by atoms with van der Waals surface area (Å²) in [5, 5.41) is 0. The van der Waals surface area contributed by atoms with Crippen molar-refractivity contribution in [2.24, 2.45) is 0 Å². The highest BCUT2D eigenvalue weighted by atomic mass is 28.4. The molecule has 1 saturated heterocycles. The van der Waals surface area contributed by atoms with Crippen molar-refractivity contribution in [2.45, 2.75) is 44.9 Å². The molecule has 0 radical (unpaired) electrons. The van der Waals surface area contributed by atoms with Crippen LogP contribution in [0.4, 0.5) is 0 Å². The second-order valence-corrected chi connectivity index (χ2v) is 10.2. The zero-order chi connectivity index (χ0) is 9.03. The second kappa shape index (κ2) is 4.55. The highest BCUT2D eigenvalue weighted by Crippen LogP contribution is 2.20. The highest BCUT2D eigenvalue weighted by molar-refractivity contribution is 6.74. The molecular formula is C8H20O2Si2. The summed E-state index contributed by atoms with van der Waals surface area (Å²) >= 11 is 0. The molecular weight excluding hydrogens is 184 g/mol. The fourth-order valence-electron chi connectivity index (χ4n) is 1.53. The van der Waals surface area contributed by atoms with Crippen molar-refractivity contribution in [3.05, 3.63) is 0 Å². The lowest BCUT2D eigenvalue weighted by Crippen LogP contribution is -2.43. The summed E-state index contributed by atoms with van der Waals surface area (Å²) in [7, 11) is -2.57. The van der Waals surface area contributed by atoms with Crippen molar-refractivity contribution in [2.75, 3.05) is 6.61 Å². The molecule has 0 aromatic carbocycles. The van der Waals surface area contributed by atoms with Gasteiger partial charge in [0.05, 0.1) is 0 Å². The van der Waals surface area contributed by atoms with Crippen LogP contribution >= 0.6 is 0 Å². The van der Waals surface area contributed by atoms with E-state index in [9.17, 15) is 0 Å². The maximum absolute atomic E-state index is 6.08. The van der Waals surface area contributed by atoms with Crippen LogP contribution in [0.3, 0.4) is 0 Å². The number of rotatable bonds is 1. The van der Waals surface area contributed by atoms with Gasteiger partial charge < -0.3 is 8.54 Å². The maximum atomic E-state index is 6.08. The predicted octanol–water partition coefficient (Wildman–Crippen LogP) is 2.26. The predicted molar refractivity (Wildman–Crippen MR) is 56.2 cm³/mol. The lowest BCUT2D eigenvalue weighted by Gasteiger charge is -2.31. The standard InChI is InChI=1S/C8H20O2Si2/c1-4-12(3)9-7-5-6-8-11(2)10-12/h11H,4-8H2,1-3H3. The van der Waals surface area contributed by atoms with Gasteiger partial charge in [-0.1, -0.05) is 13.3 Å². The summed E-state index contributed by atoms with van der Waals surface area (Å²) in [6, 6.07) is 2.44. The molecule has 1 aliphatic rings. The van der Waals surface area contributed by atoms with Crippen molar-refractivity contribution in [3.8, 4) is 0 Å². The van der Waals surface area contributed by atoms with Crippen LogP contribution in [-0.4, -0.2) is 24.2 Å². The summed E-state index contributed by atoms with van der Waals surface area (Å²) in [6.45, 7) is 7.63. The average molecular weight is 204 g/mol. The van der Waals surface area contributed by atoms with E-state index in [1.165, 1.54) is 18.9 Å². The highest BCUT2D eigenvalue weighted by Gasteiger charge is 2.32. The lowest BCUT2D eigenvalue weighted by atomic mass is 10.4. The molecule has 4 heteroatoms. The molecule has 0 bridgehead atoms. The van der Waals surface area contributed by atoms with E-state index in [1.807, 2.05) is 0 Å². The molecule has 0 aromatic heterocycles. The molecule has 1 fully saturated rings. The Morgan fingerprint density at radius 1 is 1.42 bits per heavy atom. The molecule has 12 heavy (non-hydrogen) atoms. The van der Waals surface area contributed by atoms with E-state index in [0.29, 0.717) is 0 Å². The molecule has 0 amide bonds. The van der Waals surface area contributed by atoms with E-state index >= 15 is 0 Å². The van der Waals surface area contributed by atoms with Crippen LogP contribution < -0.4 is 0 Å². The van der Waals surface area contributed by atoms with Crippen LogP contribution in [0.25, 0.3) is 0 Å². The molecule has 0 aliphatic carbocycles. The van der Waals surface area contributed by atoms with Crippen molar-refractivity contribution < 1.29 is 8.54 Å². The van der Waals surface area contributed by atoms with Crippen LogP contribution in [0.1, 0.15) is 19.8 Å². The SMILES string of the molecule is CC[Si]1(C)OCCCC[SiH](C)O1. The first kappa shape index (κ1) is 10.4. The Kier molecular flexibility index (Phi) is 3.96. The van der Waals surface area contributed by atoms with Gasteiger partial charge in [-0.05, 0) is 31.6 Å². The third-order valence-corrected chi connectivity index (χ3v) is 9.43. The molecule has 72 valence electrons. The smallest absolute Gasteiger partial charge is 0.324 e. The Bertz CT molecular complexity index is 143. The molecule has 0 aromatic rings. The Hall–Kier alpha value is 0.354. The fraction of sp³-hybridized carbons (Fsp3) is 1.00. The van der Waals surface area contributed by atoms with Crippen LogP contribution in [0.15, 0.2) is 0 Å². The molecule has 0 N–H and O–H groups in total. The maximum Gasteiger partial charge on any atom is 0.324 e.